The maximum Gasteiger partial charge on any atom is 0.311 e. The standard InChI is InChI=1S/C17H17NO4/c1-3-16(19)13-8-9-17(15(10-13)18(20)21)22-11-14-7-5-4-6-12(14)2/h4-10H,3,11H2,1-2H3. The lowest BCUT2D eigenvalue weighted by molar-refractivity contribution is -0.386. The Balaban J connectivity index is 2.25. The number of Topliss-reactive ketones (excluding diaryl/α,β-unsaturated/α-hetero) is 1. The Morgan fingerprint density at radius 1 is 1.23 bits per heavy atom. The van der Waals surface area contributed by atoms with Gasteiger partial charge >= 0.3 is 5.69 Å². The van der Waals surface area contributed by atoms with E-state index in [0.717, 1.165) is 11.1 Å². The maximum absolute atomic E-state index is 11.7. The van der Waals surface area contributed by atoms with E-state index >= 15 is 0 Å². The van der Waals surface area contributed by atoms with Crippen LogP contribution in [0.5, 0.6) is 5.75 Å². The number of ketones is 1. The molecule has 0 saturated heterocycles. The largest absolute Gasteiger partial charge is 0.482 e. The minimum Gasteiger partial charge on any atom is -0.482 e. The number of aryl methyl sites for hydroxylation is 1. The van der Waals surface area contributed by atoms with Gasteiger partial charge in [0.25, 0.3) is 0 Å². The second kappa shape index (κ2) is 6.85. The number of nitrogens with zero attached hydrogens (tertiary/aromatic N) is 1. The predicted molar refractivity (Wildman–Crippen MR) is 83.2 cm³/mol. The molecule has 0 spiro atoms. The molecule has 5 nitrogen and oxygen atoms in total. The molecule has 0 aliphatic rings. The quantitative estimate of drug-likeness (QED) is 0.458. The summed E-state index contributed by atoms with van der Waals surface area (Å²) in [7, 11) is 0. The summed E-state index contributed by atoms with van der Waals surface area (Å²) in [6.07, 6.45) is 0.306. The maximum atomic E-state index is 11.7. The topological polar surface area (TPSA) is 69.4 Å². The zero-order valence-electron chi connectivity index (χ0n) is 12.5. The number of hydrogen-bond acceptors (Lipinski definition) is 4. The summed E-state index contributed by atoms with van der Waals surface area (Å²) in [4.78, 5) is 22.3. The molecule has 114 valence electrons. The van der Waals surface area contributed by atoms with Gasteiger partial charge in [0.15, 0.2) is 11.5 Å². The Labute approximate surface area is 128 Å². The van der Waals surface area contributed by atoms with E-state index < -0.39 is 4.92 Å². The third kappa shape index (κ3) is 3.49. The van der Waals surface area contributed by atoms with E-state index in [2.05, 4.69) is 0 Å². The first kappa shape index (κ1) is 15.7. The SMILES string of the molecule is CCC(=O)c1ccc(OCc2ccccc2C)c([N+](=O)[O-])c1. The van der Waals surface area contributed by atoms with E-state index in [0.29, 0.717) is 12.0 Å². The van der Waals surface area contributed by atoms with Gasteiger partial charge in [0.2, 0.25) is 0 Å². The van der Waals surface area contributed by atoms with Crippen LogP contribution in [-0.2, 0) is 6.61 Å². The Morgan fingerprint density at radius 2 is 1.95 bits per heavy atom. The highest BCUT2D eigenvalue weighted by molar-refractivity contribution is 5.96. The van der Waals surface area contributed by atoms with Crippen LogP contribution < -0.4 is 4.74 Å². The van der Waals surface area contributed by atoms with Crippen LogP contribution in [0.15, 0.2) is 42.5 Å². The molecule has 0 heterocycles. The van der Waals surface area contributed by atoms with Crippen LogP contribution in [0.2, 0.25) is 0 Å². The highest BCUT2D eigenvalue weighted by atomic mass is 16.6. The lowest BCUT2D eigenvalue weighted by Gasteiger charge is -2.09. The first-order valence-electron chi connectivity index (χ1n) is 7.02. The zero-order valence-corrected chi connectivity index (χ0v) is 12.5. The average molecular weight is 299 g/mol. The van der Waals surface area contributed by atoms with E-state index in [1.807, 2.05) is 31.2 Å². The van der Waals surface area contributed by atoms with Crippen molar-refractivity contribution in [2.45, 2.75) is 26.9 Å². The summed E-state index contributed by atoms with van der Waals surface area (Å²) in [6.45, 7) is 3.92. The van der Waals surface area contributed by atoms with Gasteiger partial charge in [-0.1, -0.05) is 31.2 Å². The first-order chi connectivity index (χ1) is 10.5. The molecular weight excluding hydrogens is 282 g/mol. The minimum atomic E-state index is -0.528. The van der Waals surface area contributed by atoms with E-state index in [4.69, 9.17) is 4.74 Å². The monoisotopic (exact) mass is 299 g/mol. The Hall–Kier alpha value is -2.69. The molecule has 0 N–H and O–H groups in total. The highest BCUT2D eigenvalue weighted by Crippen LogP contribution is 2.29. The molecule has 0 atom stereocenters. The second-order valence-electron chi connectivity index (χ2n) is 4.93. The number of hydrogen-bond donors (Lipinski definition) is 0. The molecular formula is C17H17NO4. The van der Waals surface area contributed by atoms with Crippen molar-refractivity contribution < 1.29 is 14.5 Å². The fourth-order valence-corrected chi connectivity index (χ4v) is 2.09. The molecule has 5 heteroatoms. The third-order valence-electron chi connectivity index (χ3n) is 3.44. The van der Waals surface area contributed by atoms with Gasteiger partial charge in [-0.2, -0.15) is 0 Å². The number of nitro benzene ring substituents is 1. The smallest absolute Gasteiger partial charge is 0.311 e. The molecule has 0 saturated carbocycles. The summed E-state index contributed by atoms with van der Waals surface area (Å²) in [5.41, 5.74) is 2.17. The van der Waals surface area contributed by atoms with Gasteiger partial charge in [-0.3, -0.25) is 14.9 Å². The van der Waals surface area contributed by atoms with Crippen LogP contribution in [0.25, 0.3) is 0 Å². The van der Waals surface area contributed by atoms with Gasteiger partial charge in [0.05, 0.1) is 4.92 Å². The van der Waals surface area contributed by atoms with Crippen molar-refractivity contribution in [2.75, 3.05) is 0 Å². The second-order valence-corrected chi connectivity index (χ2v) is 4.93. The lowest BCUT2D eigenvalue weighted by atomic mass is 10.1. The zero-order chi connectivity index (χ0) is 16.1. The van der Waals surface area contributed by atoms with Crippen LogP contribution in [0.3, 0.4) is 0 Å². The number of rotatable bonds is 6. The summed E-state index contributed by atoms with van der Waals surface area (Å²) < 4.78 is 5.58. The van der Waals surface area contributed by atoms with Gasteiger partial charge in [-0.25, -0.2) is 0 Å². The van der Waals surface area contributed by atoms with Crippen molar-refractivity contribution in [3.63, 3.8) is 0 Å². The van der Waals surface area contributed by atoms with Crippen LogP contribution in [0.1, 0.15) is 34.8 Å². The molecule has 0 bridgehead atoms. The summed E-state index contributed by atoms with van der Waals surface area (Å²) >= 11 is 0. The van der Waals surface area contributed by atoms with E-state index in [9.17, 15) is 14.9 Å². The van der Waals surface area contributed by atoms with Crippen LogP contribution >= 0.6 is 0 Å². The van der Waals surface area contributed by atoms with Gasteiger partial charge in [-0.05, 0) is 30.2 Å². The molecule has 0 radical (unpaired) electrons. The van der Waals surface area contributed by atoms with Crippen molar-refractivity contribution in [1.82, 2.24) is 0 Å². The summed E-state index contributed by atoms with van der Waals surface area (Å²) in [5.74, 6) is 0.0365. The minimum absolute atomic E-state index is 0.131. The first-order valence-corrected chi connectivity index (χ1v) is 7.02. The fourth-order valence-electron chi connectivity index (χ4n) is 2.09. The molecule has 2 aromatic rings. The number of ether oxygens (including phenoxy) is 1. The molecule has 22 heavy (non-hydrogen) atoms. The summed E-state index contributed by atoms with van der Waals surface area (Å²) in [5, 5.41) is 11.2. The molecule has 0 aromatic heterocycles. The number of benzene rings is 2. The van der Waals surface area contributed by atoms with Crippen molar-refractivity contribution in [3.05, 3.63) is 69.3 Å². The van der Waals surface area contributed by atoms with E-state index in [1.54, 1.807) is 13.0 Å². The normalized spacial score (nSPS) is 10.3. The highest BCUT2D eigenvalue weighted by Gasteiger charge is 2.18. The average Bonchev–Trinajstić information content (AvgIpc) is 2.53. The predicted octanol–water partition coefficient (Wildman–Crippen LogP) is 4.07. The number of carbonyl (C=O) groups excluding carboxylic acids is 1. The number of nitro groups is 1. The Kier molecular flexibility index (Phi) is 4.88. The molecule has 2 rings (SSSR count). The van der Waals surface area contributed by atoms with Crippen molar-refractivity contribution >= 4 is 11.5 Å². The van der Waals surface area contributed by atoms with Crippen LogP contribution in [-0.4, -0.2) is 10.7 Å². The van der Waals surface area contributed by atoms with Crippen molar-refractivity contribution in [2.24, 2.45) is 0 Å². The van der Waals surface area contributed by atoms with Gasteiger partial charge in [-0.15, -0.1) is 0 Å². The third-order valence-corrected chi connectivity index (χ3v) is 3.44. The molecule has 0 aliphatic heterocycles. The van der Waals surface area contributed by atoms with Crippen LogP contribution in [0.4, 0.5) is 5.69 Å². The van der Waals surface area contributed by atoms with E-state index in [-0.39, 0.29) is 23.8 Å². The molecule has 0 unspecified atom stereocenters. The fraction of sp³-hybridized carbons (Fsp3) is 0.235. The molecule has 0 fully saturated rings. The van der Waals surface area contributed by atoms with Gasteiger partial charge in [0.1, 0.15) is 6.61 Å². The van der Waals surface area contributed by atoms with Crippen molar-refractivity contribution in [3.8, 4) is 5.75 Å². The Bertz CT molecular complexity index is 710. The van der Waals surface area contributed by atoms with Crippen molar-refractivity contribution in [1.29, 1.82) is 0 Å². The van der Waals surface area contributed by atoms with E-state index in [1.165, 1.54) is 12.1 Å². The van der Waals surface area contributed by atoms with Crippen LogP contribution in [0, 0.1) is 17.0 Å². The number of carbonyl (C=O) groups is 1. The molecule has 0 aliphatic carbocycles. The van der Waals surface area contributed by atoms with Gasteiger partial charge in [0, 0.05) is 18.1 Å². The lowest BCUT2D eigenvalue weighted by Crippen LogP contribution is -2.03. The Morgan fingerprint density at radius 3 is 2.59 bits per heavy atom. The molecule has 2 aromatic carbocycles. The summed E-state index contributed by atoms with van der Waals surface area (Å²) in [6, 6.07) is 12.0. The molecule has 0 amide bonds. The van der Waals surface area contributed by atoms with Gasteiger partial charge < -0.3 is 4.74 Å².